The lowest BCUT2D eigenvalue weighted by Crippen LogP contribution is -2.41. The number of halogens is 2. The molecule has 5 aromatic rings. The van der Waals surface area contributed by atoms with Crippen LogP contribution in [-0.4, -0.2) is 77.3 Å². The summed E-state index contributed by atoms with van der Waals surface area (Å²) in [5.41, 5.74) is 0.522. The Labute approximate surface area is 296 Å². The van der Waals surface area contributed by atoms with Gasteiger partial charge in [-0.2, -0.15) is 0 Å². The van der Waals surface area contributed by atoms with E-state index in [9.17, 15) is 19.2 Å². The molecule has 0 saturated carbocycles. The van der Waals surface area contributed by atoms with Crippen LogP contribution < -0.4 is 21.9 Å². The first kappa shape index (κ1) is 35.6. The van der Waals surface area contributed by atoms with Crippen LogP contribution in [0.3, 0.4) is 0 Å². The number of carbonyl (C=O) groups excluding carboxylic acids is 2. The minimum atomic E-state index is -0.815. The lowest BCUT2D eigenvalue weighted by molar-refractivity contribution is -0.135. The van der Waals surface area contributed by atoms with Gasteiger partial charge >= 0.3 is 11.7 Å². The van der Waals surface area contributed by atoms with Gasteiger partial charge in [-0.3, -0.25) is 14.2 Å². The number of nitrogens with zero attached hydrogens (tertiary/aromatic N) is 4. The monoisotopic (exact) mass is 716 g/mol. The van der Waals surface area contributed by atoms with Gasteiger partial charge in [0.05, 0.1) is 30.8 Å². The first-order chi connectivity index (χ1) is 24.7. The van der Waals surface area contributed by atoms with Crippen molar-refractivity contribution in [2.75, 3.05) is 51.8 Å². The van der Waals surface area contributed by atoms with Crippen molar-refractivity contribution in [3.8, 4) is 16.1 Å². The number of anilines is 1. The van der Waals surface area contributed by atoms with E-state index >= 15 is 8.78 Å². The molecule has 6 rings (SSSR count). The maximum Gasteiger partial charge on any atom is 0.337 e. The van der Waals surface area contributed by atoms with E-state index in [0.29, 0.717) is 66.8 Å². The molecule has 266 valence electrons. The number of amides is 3. The Morgan fingerprint density at radius 2 is 1.61 bits per heavy atom. The van der Waals surface area contributed by atoms with E-state index in [4.69, 9.17) is 4.74 Å². The van der Waals surface area contributed by atoms with Gasteiger partial charge in [0.25, 0.3) is 5.56 Å². The number of morpholine rings is 1. The van der Waals surface area contributed by atoms with Gasteiger partial charge in [0.2, 0.25) is 5.91 Å². The largest absolute Gasteiger partial charge is 0.378 e. The average molecular weight is 717 g/mol. The molecule has 11 nitrogen and oxygen atoms in total. The quantitative estimate of drug-likeness (QED) is 0.198. The Hall–Kier alpha value is -5.18. The van der Waals surface area contributed by atoms with E-state index in [0.717, 1.165) is 16.7 Å². The van der Waals surface area contributed by atoms with Gasteiger partial charge in [-0.25, -0.2) is 22.9 Å². The molecule has 1 fully saturated rings. The summed E-state index contributed by atoms with van der Waals surface area (Å²) in [6.07, 6.45) is 0.250. The summed E-state index contributed by atoms with van der Waals surface area (Å²) in [6.45, 7) is 4.48. The molecule has 0 aliphatic carbocycles. The third-order valence-corrected chi connectivity index (χ3v) is 10.0. The summed E-state index contributed by atoms with van der Waals surface area (Å²) < 4.78 is 37.8. The zero-order valence-corrected chi connectivity index (χ0v) is 29.1. The normalized spacial score (nSPS) is 13.2. The predicted molar refractivity (Wildman–Crippen MR) is 194 cm³/mol. The molecular weight excluding hydrogens is 679 g/mol. The number of benzene rings is 3. The first-order valence-corrected chi connectivity index (χ1v) is 17.5. The molecule has 3 aromatic carbocycles. The minimum absolute atomic E-state index is 0.00272. The Kier molecular flexibility index (Phi) is 11.0. The number of rotatable bonds is 11. The third kappa shape index (κ3) is 7.77. The Balaban J connectivity index is 1.50. The van der Waals surface area contributed by atoms with Gasteiger partial charge in [-0.05, 0) is 61.5 Å². The van der Waals surface area contributed by atoms with Crippen molar-refractivity contribution in [3.05, 3.63) is 116 Å². The molecule has 1 saturated heterocycles. The SMILES string of the molecule is CCNC(=O)Nc1ccc(-c2sc3c(c2CN(C)CCC(=O)N2CCOCC2)c(=O)n(-c2ccccc2)c(=O)n3Cc2c(F)cccc2F)cc1. The highest BCUT2D eigenvalue weighted by Gasteiger charge is 2.26. The van der Waals surface area contributed by atoms with Crippen LogP contribution in [0.4, 0.5) is 19.3 Å². The number of hydrogen-bond acceptors (Lipinski definition) is 7. The number of para-hydroxylation sites is 1. The van der Waals surface area contributed by atoms with Crippen LogP contribution in [0.2, 0.25) is 0 Å². The Bertz CT molecular complexity index is 2140. The van der Waals surface area contributed by atoms with E-state index in [2.05, 4.69) is 10.6 Å². The van der Waals surface area contributed by atoms with E-state index in [-0.39, 0.29) is 40.7 Å². The summed E-state index contributed by atoms with van der Waals surface area (Å²) >= 11 is 1.17. The summed E-state index contributed by atoms with van der Waals surface area (Å²) in [6, 6.07) is 18.6. The molecule has 2 N–H and O–H groups in total. The predicted octanol–water partition coefficient (Wildman–Crippen LogP) is 5.03. The van der Waals surface area contributed by atoms with Crippen molar-refractivity contribution in [1.29, 1.82) is 0 Å². The smallest absolute Gasteiger partial charge is 0.337 e. The molecule has 0 radical (unpaired) electrons. The maximum atomic E-state index is 15.1. The lowest BCUT2D eigenvalue weighted by atomic mass is 10.1. The maximum absolute atomic E-state index is 15.1. The number of ether oxygens (including phenoxy) is 1. The molecule has 1 aliphatic rings. The van der Waals surface area contributed by atoms with Gasteiger partial charge in [0.15, 0.2) is 0 Å². The number of nitrogens with one attached hydrogen (secondary N) is 2. The fourth-order valence-corrected chi connectivity index (χ4v) is 7.39. The van der Waals surface area contributed by atoms with Crippen molar-refractivity contribution >= 4 is 39.2 Å². The zero-order valence-electron chi connectivity index (χ0n) is 28.3. The van der Waals surface area contributed by atoms with Crippen LogP contribution in [0.5, 0.6) is 0 Å². The molecule has 0 bridgehead atoms. The van der Waals surface area contributed by atoms with Gasteiger partial charge < -0.3 is 25.2 Å². The van der Waals surface area contributed by atoms with Crippen LogP contribution in [0, 0.1) is 11.6 Å². The van der Waals surface area contributed by atoms with Gasteiger partial charge in [-0.1, -0.05) is 36.4 Å². The van der Waals surface area contributed by atoms with Gasteiger partial charge in [0, 0.05) is 55.3 Å². The topological polar surface area (TPSA) is 118 Å². The molecule has 0 spiro atoms. The van der Waals surface area contributed by atoms with Gasteiger partial charge in [0.1, 0.15) is 16.5 Å². The number of thiophene rings is 1. The second-order valence-electron chi connectivity index (χ2n) is 12.2. The number of urea groups is 1. The highest BCUT2D eigenvalue weighted by Crippen LogP contribution is 2.38. The van der Waals surface area contributed by atoms with E-state index in [1.165, 1.54) is 22.0 Å². The molecule has 2 aromatic heterocycles. The lowest BCUT2D eigenvalue weighted by Gasteiger charge is -2.27. The fourth-order valence-electron chi connectivity index (χ4n) is 6.09. The summed E-state index contributed by atoms with van der Waals surface area (Å²) in [5.74, 6) is -1.63. The van der Waals surface area contributed by atoms with Crippen LogP contribution in [0.15, 0.2) is 82.4 Å². The van der Waals surface area contributed by atoms with Crippen molar-refractivity contribution in [3.63, 3.8) is 0 Å². The second-order valence-corrected chi connectivity index (χ2v) is 13.2. The van der Waals surface area contributed by atoms with Crippen LogP contribution >= 0.6 is 11.3 Å². The molecule has 1 aliphatic heterocycles. The number of aromatic nitrogens is 2. The highest BCUT2D eigenvalue weighted by molar-refractivity contribution is 7.22. The average Bonchev–Trinajstić information content (AvgIpc) is 3.50. The Morgan fingerprint density at radius 3 is 2.27 bits per heavy atom. The Morgan fingerprint density at radius 1 is 0.922 bits per heavy atom. The van der Waals surface area contributed by atoms with E-state index < -0.39 is 29.4 Å². The van der Waals surface area contributed by atoms with Crippen molar-refractivity contribution in [2.45, 2.75) is 26.4 Å². The summed E-state index contributed by atoms with van der Waals surface area (Å²) in [4.78, 5) is 58.5. The minimum Gasteiger partial charge on any atom is -0.378 e. The summed E-state index contributed by atoms with van der Waals surface area (Å²) in [5, 5.41) is 5.68. The van der Waals surface area contributed by atoms with Crippen LogP contribution in [0.25, 0.3) is 26.3 Å². The van der Waals surface area contributed by atoms with Crippen molar-refractivity contribution in [1.82, 2.24) is 24.3 Å². The molecule has 3 amide bonds. The van der Waals surface area contributed by atoms with Crippen LogP contribution in [0.1, 0.15) is 24.5 Å². The van der Waals surface area contributed by atoms with E-state index in [1.807, 2.05) is 18.9 Å². The zero-order chi connectivity index (χ0) is 36.1. The number of fused-ring (bicyclic) bond motifs is 1. The molecular formula is C37H38F2N6O5S. The first-order valence-electron chi connectivity index (χ1n) is 16.6. The van der Waals surface area contributed by atoms with Crippen LogP contribution in [-0.2, 0) is 22.6 Å². The molecule has 0 unspecified atom stereocenters. The van der Waals surface area contributed by atoms with Crippen molar-refractivity contribution < 1.29 is 23.1 Å². The highest BCUT2D eigenvalue weighted by atomic mass is 32.1. The third-order valence-electron chi connectivity index (χ3n) is 8.71. The summed E-state index contributed by atoms with van der Waals surface area (Å²) in [7, 11) is 1.85. The molecule has 51 heavy (non-hydrogen) atoms. The molecule has 14 heteroatoms. The molecule has 0 atom stereocenters. The van der Waals surface area contributed by atoms with Crippen molar-refractivity contribution in [2.24, 2.45) is 0 Å². The second kappa shape index (κ2) is 15.8. The standard InChI is InChI=1S/C37H38F2N6O5S/c1-3-40-36(48)41-25-14-12-24(13-15-25)33-28(22-42(2)17-16-31(46)43-18-20-50-21-19-43)32-34(47)45(26-8-5-4-6-9-26)37(49)44(35(32)51-33)23-27-29(38)10-7-11-30(27)39/h4-15H,3,16-23H2,1-2H3,(H2,40,41,48). The fraction of sp³-hybridized carbons (Fsp3) is 0.297. The van der Waals surface area contributed by atoms with Gasteiger partial charge in [-0.15, -0.1) is 11.3 Å². The molecule has 3 heterocycles. The van der Waals surface area contributed by atoms with E-state index in [1.54, 1.807) is 59.5 Å². The number of carbonyl (C=O) groups is 2. The number of hydrogen-bond donors (Lipinski definition) is 2.